The third-order valence-electron chi connectivity index (χ3n) is 2.36. The van der Waals surface area contributed by atoms with E-state index in [0.717, 1.165) is 29.3 Å². The fourth-order valence-electron chi connectivity index (χ4n) is 1.62. The molecule has 0 radical (unpaired) electrons. The van der Waals surface area contributed by atoms with Crippen LogP contribution in [0, 0.1) is 13.8 Å². The summed E-state index contributed by atoms with van der Waals surface area (Å²) in [6.45, 7) is 4.88. The lowest BCUT2D eigenvalue weighted by Gasteiger charge is -2.05. The minimum atomic E-state index is 0.777. The fraction of sp³-hybridized carbons (Fsp3) is 0.333. The second-order valence-electron chi connectivity index (χ2n) is 3.82. The van der Waals surface area contributed by atoms with Crippen molar-refractivity contribution in [1.82, 2.24) is 15.3 Å². The molecule has 1 N–H and O–H groups in total. The molecule has 0 saturated heterocycles. The molecule has 2 rings (SSSR count). The summed E-state index contributed by atoms with van der Waals surface area (Å²) in [7, 11) is 1.92. The number of thiophene rings is 1. The van der Waals surface area contributed by atoms with Crippen LogP contribution in [0.5, 0.6) is 0 Å². The van der Waals surface area contributed by atoms with Crippen molar-refractivity contribution < 1.29 is 0 Å². The van der Waals surface area contributed by atoms with E-state index in [1.54, 1.807) is 11.3 Å². The summed E-state index contributed by atoms with van der Waals surface area (Å²) in [5.74, 6) is 0.837. The molecule has 2 heterocycles. The van der Waals surface area contributed by atoms with Crippen LogP contribution in [0.4, 0.5) is 0 Å². The number of hydrogen-bond donors (Lipinski definition) is 1. The van der Waals surface area contributed by atoms with Gasteiger partial charge >= 0.3 is 0 Å². The van der Waals surface area contributed by atoms with Gasteiger partial charge in [0, 0.05) is 23.2 Å². The molecule has 3 nitrogen and oxygen atoms in total. The van der Waals surface area contributed by atoms with E-state index in [4.69, 9.17) is 0 Å². The molecule has 16 heavy (non-hydrogen) atoms. The molecule has 0 fully saturated rings. The van der Waals surface area contributed by atoms with Gasteiger partial charge in [-0.3, -0.25) is 0 Å². The monoisotopic (exact) mass is 233 g/mol. The summed E-state index contributed by atoms with van der Waals surface area (Å²) in [4.78, 5) is 9.05. The number of aromatic nitrogens is 2. The normalized spacial score (nSPS) is 10.7. The predicted molar refractivity (Wildman–Crippen MR) is 67.6 cm³/mol. The van der Waals surface area contributed by atoms with E-state index in [-0.39, 0.29) is 0 Å². The molecule has 2 aromatic rings. The Morgan fingerprint density at radius 3 is 2.69 bits per heavy atom. The summed E-state index contributed by atoms with van der Waals surface area (Å²) in [5.41, 5.74) is 4.44. The second-order valence-corrected chi connectivity index (χ2v) is 4.57. The Kier molecular flexibility index (Phi) is 3.31. The maximum absolute atomic E-state index is 4.56. The molecule has 0 amide bonds. The van der Waals surface area contributed by atoms with Crippen molar-refractivity contribution in [2.45, 2.75) is 20.4 Å². The van der Waals surface area contributed by atoms with E-state index < -0.39 is 0 Å². The van der Waals surface area contributed by atoms with Gasteiger partial charge in [-0.15, -0.1) is 0 Å². The van der Waals surface area contributed by atoms with E-state index in [2.05, 4.69) is 33.0 Å². The Hall–Kier alpha value is -1.26. The molecular weight excluding hydrogens is 218 g/mol. The minimum absolute atomic E-state index is 0.777. The van der Waals surface area contributed by atoms with Crippen LogP contribution in [0.25, 0.3) is 11.4 Å². The van der Waals surface area contributed by atoms with Gasteiger partial charge in [0.25, 0.3) is 0 Å². The highest BCUT2D eigenvalue weighted by atomic mass is 32.1. The molecule has 0 saturated carbocycles. The molecule has 0 spiro atoms. The quantitative estimate of drug-likeness (QED) is 0.885. The first-order chi connectivity index (χ1) is 7.70. The summed E-state index contributed by atoms with van der Waals surface area (Å²) in [5, 5.41) is 7.34. The average molecular weight is 233 g/mol. The summed E-state index contributed by atoms with van der Waals surface area (Å²) in [6.07, 6.45) is 0. The highest BCUT2D eigenvalue weighted by molar-refractivity contribution is 7.08. The number of nitrogens with one attached hydrogen (secondary N) is 1. The number of rotatable bonds is 3. The van der Waals surface area contributed by atoms with E-state index in [9.17, 15) is 0 Å². The van der Waals surface area contributed by atoms with E-state index >= 15 is 0 Å². The van der Waals surface area contributed by atoms with Crippen molar-refractivity contribution in [3.8, 4) is 11.4 Å². The van der Waals surface area contributed by atoms with Crippen molar-refractivity contribution >= 4 is 11.3 Å². The van der Waals surface area contributed by atoms with Crippen LogP contribution >= 0.6 is 11.3 Å². The van der Waals surface area contributed by atoms with Crippen LogP contribution in [0.15, 0.2) is 16.8 Å². The second kappa shape index (κ2) is 4.72. The number of nitrogens with zero attached hydrogens (tertiary/aromatic N) is 2. The maximum atomic E-state index is 4.56. The molecule has 2 aromatic heterocycles. The largest absolute Gasteiger partial charge is 0.314 e. The lowest BCUT2D eigenvalue weighted by molar-refractivity contribution is 0.785. The molecular formula is C12H15N3S. The predicted octanol–water partition coefficient (Wildman–Crippen LogP) is 2.54. The summed E-state index contributed by atoms with van der Waals surface area (Å²) < 4.78 is 0. The number of aryl methyl sites for hydroxylation is 2. The Morgan fingerprint density at radius 1 is 1.25 bits per heavy atom. The van der Waals surface area contributed by atoms with Crippen LogP contribution < -0.4 is 5.32 Å². The first-order valence-corrected chi connectivity index (χ1v) is 6.17. The van der Waals surface area contributed by atoms with E-state index in [1.807, 2.05) is 20.0 Å². The lowest BCUT2D eigenvalue weighted by atomic mass is 10.2. The molecule has 0 aliphatic carbocycles. The maximum Gasteiger partial charge on any atom is 0.160 e. The Morgan fingerprint density at radius 2 is 2.06 bits per heavy atom. The van der Waals surface area contributed by atoms with Gasteiger partial charge in [0.1, 0.15) is 0 Å². The standard InChI is InChI=1S/C12H15N3S/c1-8-6-16-7-11(8)12-14-9(2)4-10(15-12)5-13-3/h4,6-7,13H,5H2,1-3H3. The third kappa shape index (κ3) is 2.28. The molecule has 0 aromatic carbocycles. The summed E-state index contributed by atoms with van der Waals surface area (Å²) >= 11 is 1.69. The number of hydrogen-bond acceptors (Lipinski definition) is 4. The Labute approximate surface area is 99.6 Å². The van der Waals surface area contributed by atoms with Gasteiger partial charge in [0.15, 0.2) is 5.82 Å². The molecule has 0 aliphatic rings. The van der Waals surface area contributed by atoms with Crippen molar-refractivity contribution in [2.24, 2.45) is 0 Å². The smallest absolute Gasteiger partial charge is 0.160 e. The van der Waals surface area contributed by atoms with Gasteiger partial charge in [-0.25, -0.2) is 9.97 Å². The van der Waals surface area contributed by atoms with Crippen molar-refractivity contribution in [3.05, 3.63) is 33.8 Å². The molecule has 0 atom stereocenters. The topological polar surface area (TPSA) is 37.8 Å². The van der Waals surface area contributed by atoms with Crippen LogP contribution in [0.1, 0.15) is 17.0 Å². The first kappa shape index (κ1) is 11.2. The van der Waals surface area contributed by atoms with Crippen molar-refractivity contribution in [2.75, 3.05) is 7.05 Å². The zero-order chi connectivity index (χ0) is 11.5. The highest BCUT2D eigenvalue weighted by Gasteiger charge is 2.07. The zero-order valence-corrected chi connectivity index (χ0v) is 10.6. The van der Waals surface area contributed by atoms with Gasteiger partial charge in [-0.05, 0) is 37.9 Å². The van der Waals surface area contributed by atoms with Crippen molar-refractivity contribution in [3.63, 3.8) is 0 Å². The minimum Gasteiger partial charge on any atom is -0.314 e. The molecule has 84 valence electrons. The van der Waals surface area contributed by atoms with Gasteiger partial charge < -0.3 is 5.32 Å². The molecule has 4 heteroatoms. The van der Waals surface area contributed by atoms with Crippen molar-refractivity contribution in [1.29, 1.82) is 0 Å². The van der Waals surface area contributed by atoms with Gasteiger partial charge in [0.05, 0.1) is 5.69 Å². The van der Waals surface area contributed by atoms with Crippen LogP contribution in [-0.4, -0.2) is 17.0 Å². The zero-order valence-electron chi connectivity index (χ0n) is 9.74. The molecule has 0 aliphatic heterocycles. The third-order valence-corrected chi connectivity index (χ3v) is 3.22. The average Bonchev–Trinajstić information content (AvgIpc) is 2.64. The lowest BCUT2D eigenvalue weighted by Crippen LogP contribution is -2.08. The van der Waals surface area contributed by atoms with Gasteiger partial charge in [-0.2, -0.15) is 11.3 Å². The fourth-order valence-corrected chi connectivity index (χ4v) is 2.44. The van der Waals surface area contributed by atoms with Crippen LogP contribution in [0.2, 0.25) is 0 Å². The van der Waals surface area contributed by atoms with Crippen LogP contribution in [0.3, 0.4) is 0 Å². The van der Waals surface area contributed by atoms with Gasteiger partial charge in [0.2, 0.25) is 0 Å². The SMILES string of the molecule is CNCc1cc(C)nc(-c2cscc2C)n1. The highest BCUT2D eigenvalue weighted by Crippen LogP contribution is 2.24. The first-order valence-electron chi connectivity index (χ1n) is 5.23. The van der Waals surface area contributed by atoms with E-state index in [0.29, 0.717) is 0 Å². The summed E-state index contributed by atoms with van der Waals surface area (Å²) in [6, 6.07) is 2.02. The Balaban J connectivity index is 2.45. The molecule has 0 unspecified atom stereocenters. The Bertz CT molecular complexity index is 491. The molecule has 0 bridgehead atoms. The van der Waals surface area contributed by atoms with Crippen LogP contribution in [-0.2, 0) is 6.54 Å². The van der Waals surface area contributed by atoms with Gasteiger partial charge in [-0.1, -0.05) is 0 Å². The van der Waals surface area contributed by atoms with E-state index in [1.165, 1.54) is 5.56 Å².